The Morgan fingerprint density at radius 2 is 2.11 bits per heavy atom. The molecule has 0 radical (unpaired) electrons. The van der Waals surface area contributed by atoms with Crippen molar-refractivity contribution < 1.29 is 0 Å². The Bertz CT molecular complexity index is 665. The summed E-state index contributed by atoms with van der Waals surface area (Å²) in [5, 5.41) is 16.7. The lowest BCUT2D eigenvalue weighted by atomic mass is 10.2. The van der Waals surface area contributed by atoms with Gasteiger partial charge < -0.3 is 4.57 Å². The lowest BCUT2D eigenvalue weighted by Crippen LogP contribution is -2.05. The molecule has 5 nitrogen and oxygen atoms in total. The summed E-state index contributed by atoms with van der Waals surface area (Å²) in [6, 6.07) is 8.05. The van der Waals surface area contributed by atoms with Crippen LogP contribution in [0.2, 0.25) is 0 Å². The highest BCUT2D eigenvalue weighted by atomic mass is 15.3. The van der Waals surface area contributed by atoms with E-state index in [0.29, 0.717) is 5.92 Å². The molecule has 0 saturated heterocycles. The van der Waals surface area contributed by atoms with E-state index in [4.69, 9.17) is 0 Å². The largest absolute Gasteiger partial charge is 0.312 e. The zero-order valence-electron chi connectivity index (χ0n) is 10.5. The lowest BCUT2D eigenvalue weighted by molar-refractivity contribution is 0.525. The maximum absolute atomic E-state index is 4.36. The van der Waals surface area contributed by atoms with Gasteiger partial charge >= 0.3 is 0 Å². The SMILES string of the molecule is CC(C)Cn1cnnc1-c1n[nH]c2ccccc12. The highest BCUT2D eigenvalue weighted by Gasteiger charge is 2.14. The number of nitrogens with one attached hydrogen (secondary N) is 1. The van der Waals surface area contributed by atoms with Crippen LogP contribution in [0.1, 0.15) is 13.8 Å². The fourth-order valence-electron chi connectivity index (χ4n) is 2.10. The van der Waals surface area contributed by atoms with Gasteiger partial charge in [-0.15, -0.1) is 10.2 Å². The van der Waals surface area contributed by atoms with Crippen LogP contribution in [-0.2, 0) is 6.54 Å². The summed E-state index contributed by atoms with van der Waals surface area (Å²) in [5.74, 6) is 1.37. The summed E-state index contributed by atoms with van der Waals surface area (Å²) >= 11 is 0. The van der Waals surface area contributed by atoms with Gasteiger partial charge in [-0.1, -0.05) is 32.0 Å². The minimum Gasteiger partial charge on any atom is -0.312 e. The molecule has 0 unspecified atom stereocenters. The Morgan fingerprint density at radius 3 is 2.94 bits per heavy atom. The molecule has 3 aromatic rings. The summed E-state index contributed by atoms with van der Waals surface area (Å²) in [6.07, 6.45) is 1.76. The fourth-order valence-corrected chi connectivity index (χ4v) is 2.10. The first-order valence-corrected chi connectivity index (χ1v) is 6.07. The highest BCUT2D eigenvalue weighted by molar-refractivity contribution is 5.90. The van der Waals surface area contributed by atoms with Crippen molar-refractivity contribution >= 4 is 10.9 Å². The van der Waals surface area contributed by atoms with Gasteiger partial charge in [0.15, 0.2) is 5.82 Å². The normalized spacial score (nSPS) is 11.5. The van der Waals surface area contributed by atoms with Crippen molar-refractivity contribution in [3.05, 3.63) is 30.6 Å². The van der Waals surface area contributed by atoms with E-state index in [1.807, 2.05) is 28.8 Å². The van der Waals surface area contributed by atoms with E-state index in [2.05, 4.69) is 34.2 Å². The van der Waals surface area contributed by atoms with E-state index >= 15 is 0 Å². The molecule has 0 aliphatic rings. The Labute approximate surface area is 105 Å². The number of hydrogen-bond acceptors (Lipinski definition) is 3. The minimum absolute atomic E-state index is 0.546. The van der Waals surface area contributed by atoms with Crippen LogP contribution in [0, 0.1) is 5.92 Å². The minimum atomic E-state index is 0.546. The molecule has 92 valence electrons. The van der Waals surface area contributed by atoms with E-state index in [-0.39, 0.29) is 0 Å². The van der Waals surface area contributed by atoms with Crippen molar-refractivity contribution in [2.24, 2.45) is 5.92 Å². The predicted octanol–water partition coefficient (Wildman–Crippen LogP) is 2.48. The van der Waals surface area contributed by atoms with Gasteiger partial charge in [0.2, 0.25) is 0 Å². The Balaban J connectivity index is 2.12. The molecule has 0 spiro atoms. The average Bonchev–Trinajstić information content (AvgIpc) is 2.94. The van der Waals surface area contributed by atoms with E-state index in [1.54, 1.807) is 6.33 Å². The molecule has 2 aromatic heterocycles. The second-order valence-electron chi connectivity index (χ2n) is 4.82. The van der Waals surface area contributed by atoms with Crippen LogP contribution in [0.5, 0.6) is 0 Å². The Morgan fingerprint density at radius 1 is 1.28 bits per heavy atom. The molecule has 0 bridgehead atoms. The first kappa shape index (κ1) is 11.0. The molecule has 3 rings (SSSR count). The predicted molar refractivity (Wildman–Crippen MR) is 69.9 cm³/mol. The third kappa shape index (κ3) is 1.77. The van der Waals surface area contributed by atoms with Crippen molar-refractivity contribution in [1.29, 1.82) is 0 Å². The zero-order chi connectivity index (χ0) is 12.5. The maximum atomic E-state index is 4.36. The Hall–Kier alpha value is -2.17. The van der Waals surface area contributed by atoms with Crippen molar-refractivity contribution in [2.45, 2.75) is 20.4 Å². The Kier molecular flexibility index (Phi) is 2.59. The maximum Gasteiger partial charge on any atom is 0.184 e. The van der Waals surface area contributed by atoms with Gasteiger partial charge in [-0.25, -0.2) is 0 Å². The van der Waals surface area contributed by atoms with Gasteiger partial charge in [0.05, 0.1) is 5.52 Å². The summed E-state index contributed by atoms with van der Waals surface area (Å²) < 4.78 is 2.05. The van der Waals surface area contributed by atoms with Crippen LogP contribution in [0.4, 0.5) is 0 Å². The molecule has 0 aliphatic carbocycles. The van der Waals surface area contributed by atoms with Gasteiger partial charge in [0.25, 0.3) is 0 Å². The van der Waals surface area contributed by atoms with Crippen molar-refractivity contribution in [3.8, 4) is 11.5 Å². The van der Waals surface area contributed by atoms with Crippen LogP contribution in [0.15, 0.2) is 30.6 Å². The smallest absolute Gasteiger partial charge is 0.184 e. The number of fused-ring (bicyclic) bond motifs is 1. The number of aromatic amines is 1. The number of para-hydroxylation sites is 1. The van der Waals surface area contributed by atoms with E-state index < -0.39 is 0 Å². The van der Waals surface area contributed by atoms with Gasteiger partial charge in [0.1, 0.15) is 12.0 Å². The molecule has 0 atom stereocenters. The van der Waals surface area contributed by atoms with Crippen LogP contribution >= 0.6 is 0 Å². The topological polar surface area (TPSA) is 59.4 Å². The molecule has 1 aromatic carbocycles. The number of rotatable bonds is 3. The summed E-state index contributed by atoms with van der Waals surface area (Å²) in [4.78, 5) is 0. The molecule has 0 aliphatic heterocycles. The van der Waals surface area contributed by atoms with Gasteiger partial charge in [-0.05, 0) is 12.0 Å². The molecule has 0 amide bonds. The highest BCUT2D eigenvalue weighted by Crippen LogP contribution is 2.24. The van der Waals surface area contributed by atoms with Crippen molar-refractivity contribution in [1.82, 2.24) is 25.0 Å². The van der Waals surface area contributed by atoms with Crippen molar-refractivity contribution in [2.75, 3.05) is 0 Å². The first-order chi connectivity index (χ1) is 8.75. The quantitative estimate of drug-likeness (QED) is 0.766. The summed E-state index contributed by atoms with van der Waals surface area (Å²) in [5.41, 5.74) is 1.88. The molecule has 1 N–H and O–H groups in total. The number of aromatic nitrogens is 5. The molecule has 0 fully saturated rings. The number of nitrogens with zero attached hydrogens (tertiary/aromatic N) is 4. The average molecular weight is 241 g/mol. The third-order valence-corrected chi connectivity index (χ3v) is 2.86. The summed E-state index contributed by atoms with van der Waals surface area (Å²) in [7, 11) is 0. The standard InChI is InChI=1S/C13H15N5/c1-9(2)7-18-8-14-17-13(18)12-10-5-3-4-6-11(10)15-16-12/h3-6,8-9H,7H2,1-2H3,(H,15,16). The van der Waals surface area contributed by atoms with Crippen molar-refractivity contribution in [3.63, 3.8) is 0 Å². The van der Waals surface area contributed by atoms with E-state index in [1.165, 1.54) is 0 Å². The number of H-pyrrole nitrogens is 1. The molecule has 2 heterocycles. The van der Waals surface area contributed by atoms with Crippen LogP contribution in [-0.4, -0.2) is 25.0 Å². The second-order valence-corrected chi connectivity index (χ2v) is 4.82. The first-order valence-electron chi connectivity index (χ1n) is 6.07. The van der Waals surface area contributed by atoms with Gasteiger partial charge in [-0.2, -0.15) is 5.10 Å². The monoisotopic (exact) mass is 241 g/mol. The van der Waals surface area contributed by atoms with E-state index in [0.717, 1.165) is 29.0 Å². The van der Waals surface area contributed by atoms with Crippen LogP contribution in [0.25, 0.3) is 22.4 Å². The lowest BCUT2D eigenvalue weighted by Gasteiger charge is -2.07. The van der Waals surface area contributed by atoms with E-state index in [9.17, 15) is 0 Å². The molecule has 5 heteroatoms. The van der Waals surface area contributed by atoms with Gasteiger partial charge in [0, 0.05) is 11.9 Å². The van der Waals surface area contributed by atoms with Crippen LogP contribution < -0.4 is 0 Å². The van der Waals surface area contributed by atoms with Crippen LogP contribution in [0.3, 0.4) is 0 Å². The molecular weight excluding hydrogens is 226 g/mol. The zero-order valence-corrected chi connectivity index (χ0v) is 10.5. The number of hydrogen-bond donors (Lipinski definition) is 1. The molecule has 0 saturated carbocycles. The number of benzene rings is 1. The fraction of sp³-hybridized carbons (Fsp3) is 0.308. The summed E-state index contributed by atoms with van der Waals surface area (Å²) in [6.45, 7) is 5.24. The third-order valence-electron chi connectivity index (χ3n) is 2.86. The van der Waals surface area contributed by atoms with Gasteiger partial charge in [-0.3, -0.25) is 5.10 Å². The molecular formula is C13H15N5. The second kappa shape index (κ2) is 4.25. The molecule has 18 heavy (non-hydrogen) atoms.